The predicted molar refractivity (Wildman–Crippen MR) is 82.8 cm³/mol. The van der Waals surface area contributed by atoms with Gasteiger partial charge in [-0.05, 0) is 38.7 Å². The molecule has 2 aliphatic heterocycles. The lowest BCUT2D eigenvalue weighted by molar-refractivity contribution is -0.147. The van der Waals surface area contributed by atoms with Crippen molar-refractivity contribution in [2.45, 2.75) is 32.7 Å². The number of hydrogen-bond acceptors (Lipinski definition) is 3. The Labute approximate surface area is 131 Å². The van der Waals surface area contributed by atoms with Crippen LogP contribution in [0.5, 0.6) is 0 Å². The van der Waals surface area contributed by atoms with Gasteiger partial charge in [0.2, 0.25) is 17.7 Å². The molecule has 3 amide bonds. The first-order valence-corrected chi connectivity index (χ1v) is 7.73. The molecule has 6 nitrogen and oxygen atoms in total. The number of hydrogen-bond donors (Lipinski definition) is 1. The quantitative estimate of drug-likeness (QED) is 0.603. The Hall–Kier alpha value is -1.85. The summed E-state index contributed by atoms with van der Waals surface area (Å²) < 4.78 is 0. The lowest BCUT2D eigenvalue weighted by atomic mass is 9.68. The minimum absolute atomic E-state index is 0.0342. The third-order valence-electron chi connectivity index (χ3n) is 4.94. The maximum absolute atomic E-state index is 12.2. The molecule has 1 atom stereocenters. The fourth-order valence-electron chi connectivity index (χ4n) is 3.30. The Kier molecular flexibility index (Phi) is 4.58. The summed E-state index contributed by atoms with van der Waals surface area (Å²) in [5.41, 5.74) is -0.298. The number of β-lactam (4-membered cyclic amide) rings is 1. The van der Waals surface area contributed by atoms with Gasteiger partial charge >= 0.3 is 0 Å². The molecule has 0 radical (unpaired) electrons. The summed E-state index contributed by atoms with van der Waals surface area (Å²) >= 11 is 0. The fraction of sp³-hybridized carbons (Fsp3) is 0.688. The Bertz CT molecular complexity index is 493. The Morgan fingerprint density at radius 1 is 1.41 bits per heavy atom. The summed E-state index contributed by atoms with van der Waals surface area (Å²) in [6.45, 7) is 8.82. The van der Waals surface area contributed by atoms with Crippen molar-refractivity contribution >= 4 is 17.7 Å². The largest absolute Gasteiger partial charge is 0.351 e. The maximum Gasteiger partial charge on any atom is 0.246 e. The van der Waals surface area contributed by atoms with Gasteiger partial charge in [0.05, 0.1) is 12.0 Å². The van der Waals surface area contributed by atoms with Crippen molar-refractivity contribution in [2.75, 3.05) is 26.7 Å². The average Bonchev–Trinajstić information content (AvgIpc) is 2.51. The van der Waals surface area contributed by atoms with Crippen molar-refractivity contribution in [1.82, 2.24) is 15.1 Å². The van der Waals surface area contributed by atoms with E-state index in [1.807, 2.05) is 13.8 Å². The first-order chi connectivity index (χ1) is 10.3. The number of rotatable bonds is 4. The van der Waals surface area contributed by atoms with Crippen LogP contribution in [0.15, 0.2) is 12.7 Å². The second-order valence-corrected chi connectivity index (χ2v) is 6.79. The van der Waals surface area contributed by atoms with E-state index in [1.165, 1.54) is 11.0 Å². The molecule has 0 aromatic heterocycles. The van der Waals surface area contributed by atoms with E-state index in [2.05, 4.69) is 11.9 Å². The average molecular weight is 307 g/mol. The van der Waals surface area contributed by atoms with Crippen LogP contribution in [0.1, 0.15) is 26.7 Å². The van der Waals surface area contributed by atoms with E-state index in [1.54, 1.807) is 11.9 Å². The van der Waals surface area contributed by atoms with Crippen molar-refractivity contribution in [2.24, 2.45) is 11.3 Å². The summed E-state index contributed by atoms with van der Waals surface area (Å²) in [7, 11) is 1.60. The Morgan fingerprint density at radius 3 is 2.45 bits per heavy atom. The lowest BCUT2D eigenvalue weighted by Crippen LogP contribution is -2.68. The van der Waals surface area contributed by atoms with Gasteiger partial charge in [0.15, 0.2) is 0 Å². The Morgan fingerprint density at radius 2 is 2.00 bits per heavy atom. The van der Waals surface area contributed by atoms with E-state index in [9.17, 15) is 14.4 Å². The highest BCUT2D eigenvalue weighted by molar-refractivity contribution is 5.91. The maximum atomic E-state index is 12.2. The number of likely N-dealkylation sites (tertiary alicyclic amines) is 1. The molecule has 0 aliphatic carbocycles. The number of amides is 3. The van der Waals surface area contributed by atoms with Crippen molar-refractivity contribution in [3.8, 4) is 0 Å². The van der Waals surface area contributed by atoms with Gasteiger partial charge in [-0.1, -0.05) is 6.58 Å². The van der Waals surface area contributed by atoms with Gasteiger partial charge in [-0.3, -0.25) is 14.4 Å². The highest BCUT2D eigenvalue weighted by Crippen LogP contribution is 2.38. The molecular formula is C16H25N3O3. The zero-order chi connectivity index (χ0) is 16.5. The van der Waals surface area contributed by atoms with Crippen molar-refractivity contribution in [3.05, 3.63) is 12.7 Å². The molecule has 2 rings (SSSR count). The number of carbonyl (C=O) groups excluding carboxylic acids is 3. The minimum Gasteiger partial charge on any atom is -0.351 e. The predicted octanol–water partition coefficient (Wildman–Crippen LogP) is 0.394. The highest BCUT2D eigenvalue weighted by atomic mass is 16.2. The molecule has 0 spiro atoms. The monoisotopic (exact) mass is 307 g/mol. The number of likely N-dealkylation sites (N-methyl/N-ethyl adjacent to an activating group) is 1. The van der Waals surface area contributed by atoms with E-state index in [0.29, 0.717) is 19.0 Å². The first kappa shape index (κ1) is 16.5. The third-order valence-corrected chi connectivity index (χ3v) is 4.94. The van der Waals surface area contributed by atoms with Gasteiger partial charge in [0, 0.05) is 26.2 Å². The van der Waals surface area contributed by atoms with Crippen LogP contribution in [0.2, 0.25) is 0 Å². The zero-order valence-electron chi connectivity index (χ0n) is 13.6. The third kappa shape index (κ3) is 3.00. The number of carbonyl (C=O) groups is 3. The van der Waals surface area contributed by atoms with Gasteiger partial charge in [0.1, 0.15) is 0 Å². The van der Waals surface area contributed by atoms with Crippen LogP contribution >= 0.6 is 0 Å². The highest BCUT2D eigenvalue weighted by Gasteiger charge is 2.51. The van der Waals surface area contributed by atoms with Crippen LogP contribution in [0.25, 0.3) is 0 Å². The van der Waals surface area contributed by atoms with Crippen LogP contribution in [0.4, 0.5) is 0 Å². The van der Waals surface area contributed by atoms with Crippen molar-refractivity contribution < 1.29 is 14.4 Å². The van der Waals surface area contributed by atoms with Gasteiger partial charge in [-0.25, -0.2) is 0 Å². The molecule has 0 saturated carbocycles. The molecule has 122 valence electrons. The second kappa shape index (κ2) is 6.10. The molecule has 6 heteroatoms. The molecule has 0 aromatic rings. The van der Waals surface area contributed by atoms with Gasteiger partial charge in [-0.15, -0.1) is 0 Å². The molecule has 2 fully saturated rings. The topological polar surface area (TPSA) is 69.7 Å². The van der Waals surface area contributed by atoms with Crippen LogP contribution in [-0.2, 0) is 14.4 Å². The van der Waals surface area contributed by atoms with Crippen molar-refractivity contribution in [1.29, 1.82) is 0 Å². The number of nitrogens with one attached hydrogen (secondary N) is 1. The normalized spacial score (nSPS) is 24.2. The molecule has 2 aliphatic rings. The van der Waals surface area contributed by atoms with Gasteiger partial charge in [0.25, 0.3) is 0 Å². The summed E-state index contributed by atoms with van der Waals surface area (Å²) in [5.74, 6) is 0.250. The molecule has 2 saturated heterocycles. The number of nitrogens with zero attached hydrogens (tertiary/aromatic N) is 2. The Balaban J connectivity index is 1.82. The molecule has 22 heavy (non-hydrogen) atoms. The summed E-state index contributed by atoms with van der Waals surface area (Å²) in [6.07, 6.45) is 2.99. The summed E-state index contributed by atoms with van der Waals surface area (Å²) in [6, 6.07) is 0.210. The standard InChI is InChI=1S/C16H25N3O3/c1-5-12(20)18(4)10-13(21)19-8-6-11(7-9-19)14-16(2,3)15(22)17-14/h5,11,14H,1,6-10H2,2-4H3,(H,17,22). The van der Waals surface area contributed by atoms with Crippen LogP contribution in [0, 0.1) is 11.3 Å². The lowest BCUT2D eigenvalue weighted by Gasteiger charge is -2.50. The van der Waals surface area contributed by atoms with Gasteiger partial charge < -0.3 is 15.1 Å². The fourth-order valence-corrected chi connectivity index (χ4v) is 3.30. The van der Waals surface area contributed by atoms with E-state index >= 15 is 0 Å². The number of piperidine rings is 1. The van der Waals surface area contributed by atoms with Gasteiger partial charge in [-0.2, -0.15) is 0 Å². The molecule has 0 bridgehead atoms. The smallest absolute Gasteiger partial charge is 0.246 e. The molecule has 0 aromatic carbocycles. The summed E-state index contributed by atoms with van der Waals surface area (Å²) in [5, 5.41) is 3.00. The zero-order valence-corrected chi connectivity index (χ0v) is 13.6. The minimum atomic E-state index is -0.298. The second-order valence-electron chi connectivity index (χ2n) is 6.79. The van der Waals surface area contributed by atoms with Crippen LogP contribution < -0.4 is 5.32 Å². The van der Waals surface area contributed by atoms with E-state index in [4.69, 9.17) is 0 Å². The SMILES string of the molecule is C=CC(=O)N(C)CC(=O)N1CCC(C2NC(=O)C2(C)C)CC1. The van der Waals surface area contributed by atoms with Crippen molar-refractivity contribution in [3.63, 3.8) is 0 Å². The van der Waals surface area contributed by atoms with E-state index in [-0.39, 0.29) is 35.7 Å². The van der Waals surface area contributed by atoms with E-state index in [0.717, 1.165) is 12.8 Å². The molecule has 1 unspecified atom stereocenters. The molecular weight excluding hydrogens is 282 g/mol. The molecule has 2 heterocycles. The van der Waals surface area contributed by atoms with Crippen LogP contribution in [0.3, 0.4) is 0 Å². The first-order valence-electron chi connectivity index (χ1n) is 7.73. The van der Waals surface area contributed by atoms with E-state index < -0.39 is 0 Å². The van der Waals surface area contributed by atoms with Crippen LogP contribution in [-0.4, -0.2) is 60.2 Å². The summed E-state index contributed by atoms with van der Waals surface area (Å²) in [4.78, 5) is 38.4. The molecule has 1 N–H and O–H groups in total.